The van der Waals surface area contributed by atoms with Gasteiger partial charge in [0.15, 0.2) is 0 Å². The van der Waals surface area contributed by atoms with E-state index >= 15 is 0 Å². The van der Waals surface area contributed by atoms with E-state index in [0.717, 1.165) is 11.3 Å². The molecule has 0 bridgehead atoms. The highest BCUT2D eigenvalue weighted by Gasteiger charge is 2.05. The van der Waals surface area contributed by atoms with Gasteiger partial charge in [-0.25, -0.2) is 10.8 Å². The fraction of sp³-hybridized carbons (Fsp3) is 0.182. The summed E-state index contributed by atoms with van der Waals surface area (Å²) in [6.45, 7) is 3.77. The van der Waals surface area contributed by atoms with E-state index in [9.17, 15) is 0 Å². The molecule has 17 heavy (non-hydrogen) atoms. The molecule has 0 aliphatic rings. The van der Waals surface area contributed by atoms with Crippen molar-refractivity contribution in [3.05, 3.63) is 35.8 Å². The van der Waals surface area contributed by atoms with Gasteiger partial charge in [-0.05, 0) is 26.0 Å². The van der Waals surface area contributed by atoms with Crippen LogP contribution in [-0.4, -0.2) is 15.0 Å². The van der Waals surface area contributed by atoms with Crippen LogP contribution in [-0.2, 0) is 0 Å². The number of anilines is 1. The molecular weight excluding hydrogens is 218 g/mol. The van der Waals surface area contributed by atoms with Gasteiger partial charge in [0.2, 0.25) is 11.8 Å². The van der Waals surface area contributed by atoms with E-state index in [4.69, 9.17) is 10.6 Å². The summed E-state index contributed by atoms with van der Waals surface area (Å²) in [6, 6.07) is 3.70. The average molecular weight is 231 g/mol. The van der Waals surface area contributed by atoms with E-state index in [2.05, 4.69) is 20.4 Å². The zero-order valence-electron chi connectivity index (χ0n) is 9.64. The Balaban J connectivity index is 2.25. The minimum atomic E-state index is 0.311. The predicted molar refractivity (Wildman–Crippen MR) is 63.6 cm³/mol. The second kappa shape index (κ2) is 4.75. The number of hydrogen-bond acceptors (Lipinski definition) is 6. The minimum Gasteiger partial charge on any atom is -0.437 e. The lowest BCUT2D eigenvalue weighted by molar-refractivity contribution is 0.456. The van der Waals surface area contributed by atoms with Gasteiger partial charge < -0.3 is 4.74 Å². The predicted octanol–water partition coefficient (Wildman–Crippen LogP) is 1.57. The van der Waals surface area contributed by atoms with Crippen LogP contribution in [0.15, 0.2) is 24.5 Å². The molecule has 6 heteroatoms. The molecule has 2 aromatic heterocycles. The summed E-state index contributed by atoms with van der Waals surface area (Å²) in [6.07, 6.45) is 3.28. The molecule has 0 saturated heterocycles. The Morgan fingerprint density at radius 1 is 1.18 bits per heavy atom. The topological polar surface area (TPSA) is 86.0 Å². The van der Waals surface area contributed by atoms with E-state index in [-0.39, 0.29) is 0 Å². The fourth-order valence-corrected chi connectivity index (χ4v) is 1.23. The van der Waals surface area contributed by atoms with E-state index in [1.54, 1.807) is 12.4 Å². The molecule has 0 spiro atoms. The van der Waals surface area contributed by atoms with Crippen LogP contribution in [0.2, 0.25) is 0 Å². The van der Waals surface area contributed by atoms with Crippen LogP contribution >= 0.6 is 0 Å². The number of nitrogens with one attached hydrogen (secondary N) is 1. The Labute approximate surface area is 98.9 Å². The first kappa shape index (κ1) is 11.3. The SMILES string of the molecule is Cc1ccc(Oc2nc(NN)ncc2C)cn1. The number of hydrazine groups is 1. The van der Waals surface area contributed by atoms with Crippen molar-refractivity contribution in [3.63, 3.8) is 0 Å². The molecular formula is C11H13N5O. The van der Waals surface area contributed by atoms with Crippen LogP contribution in [0, 0.1) is 13.8 Å². The number of ether oxygens (including phenoxy) is 1. The number of pyridine rings is 1. The third-order valence-electron chi connectivity index (χ3n) is 2.15. The summed E-state index contributed by atoms with van der Waals surface area (Å²) in [5.74, 6) is 6.63. The van der Waals surface area contributed by atoms with Gasteiger partial charge in [-0.3, -0.25) is 10.4 Å². The molecule has 0 aliphatic heterocycles. The Morgan fingerprint density at radius 3 is 2.65 bits per heavy atom. The highest BCUT2D eigenvalue weighted by molar-refractivity contribution is 5.34. The zero-order chi connectivity index (χ0) is 12.3. The number of aryl methyl sites for hydroxylation is 2. The van der Waals surface area contributed by atoms with Crippen LogP contribution in [0.4, 0.5) is 5.95 Å². The Kier molecular flexibility index (Phi) is 3.15. The van der Waals surface area contributed by atoms with E-state index in [1.165, 1.54) is 0 Å². The van der Waals surface area contributed by atoms with E-state index in [0.29, 0.717) is 17.6 Å². The molecule has 0 radical (unpaired) electrons. The largest absolute Gasteiger partial charge is 0.437 e. The molecule has 0 aliphatic carbocycles. The lowest BCUT2D eigenvalue weighted by Gasteiger charge is -2.08. The number of hydrogen-bond donors (Lipinski definition) is 2. The maximum absolute atomic E-state index is 5.60. The Bertz CT molecular complexity index is 512. The summed E-state index contributed by atoms with van der Waals surface area (Å²) in [4.78, 5) is 12.2. The first-order chi connectivity index (χ1) is 8.19. The van der Waals surface area contributed by atoms with Gasteiger partial charge in [0, 0.05) is 17.5 Å². The number of nitrogens with two attached hydrogens (primary N) is 1. The van der Waals surface area contributed by atoms with E-state index < -0.39 is 0 Å². The lowest BCUT2D eigenvalue weighted by Crippen LogP contribution is -2.11. The summed E-state index contributed by atoms with van der Waals surface area (Å²) >= 11 is 0. The van der Waals surface area contributed by atoms with Crippen LogP contribution in [0.25, 0.3) is 0 Å². The van der Waals surface area contributed by atoms with Crippen LogP contribution in [0.1, 0.15) is 11.3 Å². The Morgan fingerprint density at radius 2 is 2.00 bits per heavy atom. The van der Waals surface area contributed by atoms with Crippen LogP contribution in [0.3, 0.4) is 0 Å². The lowest BCUT2D eigenvalue weighted by atomic mass is 10.3. The highest BCUT2D eigenvalue weighted by Crippen LogP contribution is 2.22. The number of rotatable bonds is 3. The van der Waals surface area contributed by atoms with Gasteiger partial charge in [0.05, 0.1) is 6.20 Å². The maximum atomic E-state index is 5.60. The van der Waals surface area contributed by atoms with Gasteiger partial charge in [0.1, 0.15) is 5.75 Å². The van der Waals surface area contributed by atoms with Crippen molar-refractivity contribution in [1.29, 1.82) is 0 Å². The molecule has 2 rings (SSSR count). The molecule has 0 unspecified atom stereocenters. The van der Waals surface area contributed by atoms with Crippen molar-refractivity contribution in [3.8, 4) is 11.6 Å². The molecule has 0 saturated carbocycles. The van der Waals surface area contributed by atoms with Gasteiger partial charge in [-0.15, -0.1) is 0 Å². The minimum absolute atomic E-state index is 0.311. The molecule has 0 fully saturated rings. The van der Waals surface area contributed by atoms with Crippen molar-refractivity contribution in [2.75, 3.05) is 5.43 Å². The van der Waals surface area contributed by atoms with Crippen molar-refractivity contribution >= 4 is 5.95 Å². The molecule has 3 N–H and O–H groups in total. The second-order valence-electron chi connectivity index (χ2n) is 3.56. The average Bonchev–Trinajstić information content (AvgIpc) is 2.35. The Hall–Kier alpha value is -2.21. The van der Waals surface area contributed by atoms with Gasteiger partial charge >= 0.3 is 0 Å². The monoisotopic (exact) mass is 231 g/mol. The van der Waals surface area contributed by atoms with Crippen molar-refractivity contribution in [1.82, 2.24) is 15.0 Å². The third-order valence-corrected chi connectivity index (χ3v) is 2.15. The summed E-state index contributed by atoms with van der Waals surface area (Å²) in [5.41, 5.74) is 4.13. The smallest absolute Gasteiger partial charge is 0.240 e. The second-order valence-corrected chi connectivity index (χ2v) is 3.56. The third kappa shape index (κ3) is 2.67. The maximum Gasteiger partial charge on any atom is 0.240 e. The fourth-order valence-electron chi connectivity index (χ4n) is 1.23. The van der Waals surface area contributed by atoms with E-state index in [1.807, 2.05) is 26.0 Å². The number of nitrogens with zero attached hydrogens (tertiary/aromatic N) is 3. The molecule has 88 valence electrons. The van der Waals surface area contributed by atoms with Crippen molar-refractivity contribution in [2.45, 2.75) is 13.8 Å². The molecule has 0 aromatic carbocycles. The van der Waals surface area contributed by atoms with Gasteiger partial charge in [-0.2, -0.15) is 4.98 Å². The molecule has 0 amide bonds. The first-order valence-corrected chi connectivity index (χ1v) is 5.10. The first-order valence-electron chi connectivity index (χ1n) is 5.10. The normalized spacial score (nSPS) is 10.1. The van der Waals surface area contributed by atoms with Crippen LogP contribution in [0.5, 0.6) is 11.6 Å². The molecule has 0 atom stereocenters. The van der Waals surface area contributed by atoms with Crippen molar-refractivity contribution < 1.29 is 4.74 Å². The number of aromatic nitrogens is 3. The van der Waals surface area contributed by atoms with Crippen molar-refractivity contribution in [2.24, 2.45) is 5.84 Å². The standard InChI is InChI=1S/C11H13N5O/c1-7-5-14-11(16-12)15-10(7)17-9-4-3-8(2)13-6-9/h3-6H,12H2,1-2H3,(H,14,15,16). The summed E-state index contributed by atoms with van der Waals surface area (Å²) in [7, 11) is 0. The van der Waals surface area contributed by atoms with Gasteiger partial charge in [0.25, 0.3) is 0 Å². The molecule has 2 heterocycles. The molecule has 2 aromatic rings. The zero-order valence-corrected chi connectivity index (χ0v) is 9.64. The molecule has 6 nitrogen and oxygen atoms in total. The highest BCUT2D eigenvalue weighted by atomic mass is 16.5. The summed E-state index contributed by atoms with van der Waals surface area (Å²) in [5, 5.41) is 0. The van der Waals surface area contributed by atoms with Gasteiger partial charge in [-0.1, -0.05) is 0 Å². The van der Waals surface area contributed by atoms with Crippen LogP contribution < -0.4 is 16.0 Å². The summed E-state index contributed by atoms with van der Waals surface area (Å²) < 4.78 is 5.60. The number of nitrogen functional groups attached to an aromatic ring is 1. The quantitative estimate of drug-likeness (QED) is 0.616.